The molecule has 0 saturated carbocycles. The van der Waals surface area contributed by atoms with Gasteiger partial charge in [-0.25, -0.2) is 4.79 Å². The van der Waals surface area contributed by atoms with Crippen LogP contribution in [0, 0.1) is 6.92 Å². The number of hydrogen-bond acceptors (Lipinski definition) is 6. The smallest absolute Gasteiger partial charge is 0.321 e. The van der Waals surface area contributed by atoms with Crippen LogP contribution in [0.3, 0.4) is 0 Å². The molecule has 0 radical (unpaired) electrons. The van der Waals surface area contributed by atoms with Gasteiger partial charge in [-0.05, 0) is 67.1 Å². The SMILES string of the molecule is C=CCN(CC(=O)Nc1ccc(N2CCN(C(=O)Nc3cccc(C)c3)CC2)cc1)C(=O)c1ccc2c(c1)OCO2. The Balaban J connectivity index is 1.12. The molecule has 0 aliphatic carbocycles. The average Bonchev–Trinajstić information content (AvgIpc) is 3.45. The maximum atomic E-state index is 13.1. The highest BCUT2D eigenvalue weighted by molar-refractivity contribution is 6.00. The zero-order chi connectivity index (χ0) is 28.8. The van der Waals surface area contributed by atoms with Gasteiger partial charge in [0.1, 0.15) is 6.54 Å². The molecule has 41 heavy (non-hydrogen) atoms. The Morgan fingerprint density at radius 3 is 2.39 bits per heavy atom. The van der Waals surface area contributed by atoms with Crippen molar-refractivity contribution in [3.8, 4) is 11.5 Å². The number of carbonyl (C=O) groups excluding carboxylic acids is 3. The van der Waals surface area contributed by atoms with Crippen LogP contribution >= 0.6 is 0 Å². The summed E-state index contributed by atoms with van der Waals surface area (Å²) >= 11 is 0. The van der Waals surface area contributed by atoms with Crippen LogP contribution in [-0.4, -0.2) is 73.7 Å². The second kappa shape index (κ2) is 12.5. The van der Waals surface area contributed by atoms with Gasteiger partial charge in [0.15, 0.2) is 11.5 Å². The lowest BCUT2D eigenvalue weighted by molar-refractivity contribution is -0.116. The first-order valence-corrected chi connectivity index (χ1v) is 13.5. The molecule has 212 valence electrons. The molecule has 5 rings (SSSR count). The molecule has 0 unspecified atom stereocenters. The number of piperazine rings is 1. The second-order valence-electron chi connectivity index (χ2n) is 9.91. The van der Waals surface area contributed by atoms with E-state index in [1.165, 1.54) is 4.90 Å². The predicted molar refractivity (Wildman–Crippen MR) is 158 cm³/mol. The maximum Gasteiger partial charge on any atom is 0.321 e. The van der Waals surface area contributed by atoms with Gasteiger partial charge in [-0.3, -0.25) is 9.59 Å². The lowest BCUT2D eigenvalue weighted by Crippen LogP contribution is -2.50. The number of nitrogens with one attached hydrogen (secondary N) is 2. The van der Waals surface area contributed by atoms with Crippen molar-refractivity contribution in [2.45, 2.75) is 6.92 Å². The number of benzene rings is 3. The van der Waals surface area contributed by atoms with Crippen molar-refractivity contribution in [2.75, 3.05) is 61.6 Å². The van der Waals surface area contributed by atoms with E-state index in [0.717, 1.165) is 16.9 Å². The van der Waals surface area contributed by atoms with Crippen molar-refractivity contribution in [1.82, 2.24) is 9.80 Å². The minimum Gasteiger partial charge on any atom is -0.454 e. The van der Waals surface area contributed by atoms with E-state index in [4.69, 9.17) is 9.47 Å². The van der Waals surface area contributed by atoms with Crippen molar-refractivity contribution < 1.29 is 23.9 Å². The molecular formula is C31H33N5O5. The van der Waals surface area contributed by atoms with Gasteiger partial charge >= 0.3 is 6.03 Å². The van der Waals surface area contributed by atoms with Crippen molar-refractivity contribution in [3.05, 3.63) is 90.5 Å². The number of carbonyl (C=O) groups is 3. The Morgan fingerprint density at radius 1 is 0.902 bits per heavy atom. The number of hydrogen-bond donors (Lipinski definition) is 2. The Bertz CT molecular complexity index is 1430. The molecule has 2 aliphatic rings. The van der Waals surface area contributed by atoms with Crippen LogP contribution in [0.25, 0.3) is 0 Å². The molecule has 2 heterocycles. The Morgan fingerprint density at radius 2 is 1.66 bits per heavy atom. The number of rotatable bonds is 8. The summed E-state index contributed by atoms with van der Waals surface area (Å²) in [6, 6.07) is 20.2. The predicted octanol–water partition coefficient (Wildman–Crippen LogP) is 4.34. The molecule has 0 bridgehead atoms. The normalized spacial score (nSPS) is 13.9. The fourth-order valence-corrected chi connectivity index (χ4v) is 4.81. The molecule has 2 aliphatic heterocycles. The summed E-state index contributed by atoms with van der Waals surface area (Å²) in [4.78, 5) is 44.0. The summed E-state index contributed by atoms with van der Waals surface area (Å²) in [6.07, 6.45) is 1.58. The van der Waals surface area contributed by atoms with E-state index in [2.05, 4.69) is 22.1 Å². The Labute approximate surface area is 239 Å². The standard InChI is InChI=1S/C31H33N5O5/c1-3-13-36(30(38)23-7-12-27-28(19-23)41-21-40-27)20-29(37)32-24-8-10-26(11-9-24)34-14-16-35(17-15-34)31(39)33-25-6-4-5-22(2)18-25/h3-12,18-19H,1,13-17,20-21H2,2H3,(H,32,37)(H,33,39). The largest absolute Gasteiger partial charge is 0.454 e. The van der Waals surface area contributed by atoms with E-state index in [1.807, 2.05) is 60.4 Å². The number of fused-ring (bicyclic) bond motifs is 1. The fraction of sp³-hybridized carbons (Fsp3) is 0.258. The lowest BCUT2D eigenvalue weighted by atomic mass is 10.1. The quantitative estimate of drug-likeness (QED) is 0.401. The van der Waals surface area contributed by atoms with Crippen LogP contribution in [0.15, 0.2) is 79.4 Å². The fourth-order valence-electron chi connectivity index (χ4n) is 4.81. The molecule has 10 heteroatoms. The van der Waals surface area contributed by atoms with Gasteiger partial charge < -0.3 is 34.8 Å². The van der Waals surface area contributed by atoms with Gasteiger partial charge in [-0.1, -0.05) is 18.2 Å². The third-order valence-electron chi connectivity index (χ3n) is 6.94. The Hall–Kier alpha value is -4.99. The van der Waals surface area contributed by atoms with Crippen molar-refractivity contribution in [1.29, 1.82) is 0 Å². The molecule has 0 atom stereocenters. The highest BCUT2D eigenvalue weighted by Crippen LogP contribution is 2.32. The highest BCUT2D eigenvalue weighted by atomic mass is 16.7. The van der Waals surface area contributed by atoms with Crippen LogP contribution in [0.4, 0.5) is 21.9 Å². The van der Waals surface area contributed by atoms with Gasteiger partial charge in [-0.15, -0.1) is 6.58 Å². The number of aryl methyl sites for hydroxylation is 1. The van der Waals surface area contributed by atoms with Gasteiger partial charge in [0.25, 0.3) is 5.91 Å². The summed E-state index contributed by atoms with van der Waals surface area (Å²) in [5, 5.41) is 5.83. The first-order chi connectivity index (χ1) is 19.9. The van der Waals surface area contributed by atoms with Crippen LogP contribution < -0.4 is 25.0 Å². The van der Waals surface area contributed by atoms with E-state index < -0.39 is 0 Å². The van der Waals surface area contributed by atoms with E-state index in [0.29, 0.717) is 48.9 Å². The molecule has 3 aromatic carbocycles. The van der Waals surface area contributed by atoms with Crippen LogP contribution in [0.2, 0.25) is 0 Å². The number of urea groups is 1. The highest BCUT2D eigenvalue weighted by Gasteiger charge is 2.23. The monoisotopic (exact) mass is 555 g/mol. The van der Waals surface area contributed by atoms with Gasteiger partial charge in [0.05, 0.1) is 0 Å². The van der Waals surface area contributed by atoms with Gasteiger partial charge in [-0.2, -0.15) is 0 Å². The van der Waals surface area contributed by atoms with Crippen molar-refractivity contribution >= 4 is 34.9 Å². The van der Waals surface area contributed by atoms with Crippen LogP contribution in [-0.2, 0) is 4.79 Å². The molecule has 4 amide bonds. The minimum absolute atomic E-state index is 0.101. The molecular weight excluding hydrogens is 522 g/mol. The van der Waals surface area contributed by atoms with Gasteiger partial charge in [0, 0.05) is 55.3 Å². The van der Waals surface area contributed by atoms with Crippen LogP contribution in [0.1, 0.15) is 15.9 Å². The molecule has 1 saturated heterocycles. The van der Waals surface area contributed by atoms with Crippen LogP contribution in [0.5, 0.6) is 11.5 Å². The molecule has 0 aromatic heterocycles. The van der Waals surface area contributed by atoms with Crippen molar-refractivity contribution in [3.63, 3.8) is 0 Å². The van der Waals surface area contributed by atoms with E-state index in [9.17, 15) is 14.4 Å². The third-order valence-corrected chi connectivity index (χ3v) is 6.94. The summed E-state index contributed by atoms with van der Waals surface area (Å²) in [6.45, 7) is 8.52. The van der Waals surface area contributed by atoms with E-state index >= 15 is 0 Å². The van der Waals surface area contributed by atoms with E-state index in [1.54, 1.807) is 24.3 Å². The summed E-state index contributed by atoms with van der Waals surface area (Å²) in [5.74, 6) is 0.469. The molecule has 10 nitrogen and oxygen atoms in total. The Kier molecular flexibility index (Phi) is 8.38. The molecule has 1 fully saturated rings. The molecule has 3 aromatic rings. The summed E-state index contributed by atoms with van der Waals surface area (Å²) in [5.41, 5.74) is 3.93. The first kappa shape index (κ1) is 27.6. The summed E-state index contributed by atoms with van der Waals surface area (Å²) in [7, 11) is 0. The van der Waals surface area contributed by atoms with E-state index in [-0.39, 0.29) is 37.7 Å². The maximum absolute atomic E-state index is 13.1. The number of nitrogens with zero attached hydrogens (tertiary/aromatic N) is 3. The lowest BCUT2D eigenvalue weighted by Gasteiger charge is -2.36. The van der Waals surface area contributed by atoms with Gasteiger partial charge in [0.2, 0.25) is 12.7 Å². The number of anilines is 3. The summed E-state index contributed by atoms with van der Waals surface area (Å²) < 4.78 is 10.7. The first-order valence-electron chi connectivity index (χ1n) is 13.5. The molecule has 0 spiro atoms. The zero-order valence-corrected chi connectivity index (χ0v) is 23.0. The second-order valence-corrected chi connectivity index (χ2v) is 9.91. The minimum atomic E-state index is -0.318. The van der Waals surface area contributed by atoms with Crippen molar-refractivity contribution in [2.24, 2.45) is 0 Å². The third kappa shape index (κ3) is 6.78. The zero-order valence-electron chi connectivity index (χ0n) is 23.0. The number of amides is 4. The molecule has 2 N–H and O–H groups in total. The average molecular weight is 556 g/mol. The number of ether oxygens (including phenoxy) is 2. The topological polar surface area (TPSA) is 103 Å².